The van der Waals surface area contributed by atoms with Crippen LogP contribution in [0.2, 0.25) is 0 Å². The molecular weight excluding hydrogens is 352 g/mol. The van der Waals surface area contributed by atoms with Crippen LogP contribution in [-0.4, -0.2) is 26.2 Å². The molecule has 0 bridgehead atoms. The van der Waals surface area contributed by atoms with E-state index >= 15 is 0 Å². The van der Waals surface area contributed by atoms with Crippen LogP contribution in [0.4, 0.5) is 5.13 Å². The second-order valence-electron chi connectivity index (χ2n) is 5.64. The van der Waals surface area contributed by atoms with Crippen LogP contribution in [0.3, 0.4) is 0 Å². The molecule has 0 spiro atoms. The number of rotatable bonds is 7. The van der Waals surface area contributed by atoms with Gasteiger partial charge in [0.05, 0.1) is 11.4 Å². The number of nitrogens with zero attached hydrogens (tertiary/aromatic N) is 3. The summed E-state index contributed by atoms with van der Waals surface area (Å²) in [5, 5.41) is 6.32. The lowest BCUT2D eigenvalue weighted by atomic mass is 10.1. The van der Waals surface area contributed by atoms with E-state index in [0.29, 0.717) is 10.9 Å². The summed E-state index contributed by atoms with van der Waals surface area (Å²) in [7, 11) is 0. The Labute approximate surface area is 155 Å². The molecule has 0 atom stereocenters. The number of carbonyl (C=O) groups is 1. The minimum absolute atomic E-state index is 0.0687. The van der Waals surface area contributed by atoms with Crippen LogP contribution < -0.4 is 5.32 Å². The maximum atomic E-state index is 12.2. The van der Waals surface area contributed by atoms with Gasteiger partial charge in [0.2, 0.25) is 5.91 Å². The Hall–Kier alpha value is -2.12. The van der Waals surface area contributed by atoms with Crippen molar-refractivity contribution < 1.29 is 4.79 Å². The van der Waals surface area contributed by atoms with Crippen LogP contribution in [-0.2, 0) is 11.3 Å². The number of hydrogen-bond acceptors (Lipinski definition) is 5. The molecule has 3 aromatic rings. The first-order valence-electron chi connectivity index (χ1n) is 8.12. The predicted molar refractivity (Wildman–Crippen MR) is 104 cm³/mol. The Balaban J connectivity index is 1.56. The summed E-state index contributed by atoms with van der Waals surface area (Å²) < 4.78 is 2.07. The van der Waals surface area contributed by atoms with Crippen molar-refractivity contribution in [3.8, 4) is 11.3 Å². The molecule has 130 valence electrons. The first-order valence-corrected chi connectivity index (χ1v) is 9.98. The Morgan fingerprint density at radius 3 is 2.88 bits per heavy atom. The van der Waals surface area contributed by atoms with E-state index < -0.39 is 0 Å². The Morgan fingerprint density at radius 1 is 1.32 bits per heavy atom. The van der Waals surface area contributed by atoms with Crippen molar-refractivity contribution in [3.05, 3.63) is 47.6 Å². The smallest absolute Gasteiger partial charge is 0.236 e. The fraction of sp³-hybridized carbons (Fsp3) is 0.278. The topological polar surface area (TPSA) is 59.8 Å². The summed E-state index contributed by atoms with van der Waals surface area (Å²) in [4.78, 5) is 21.0. The number of carbonyl (C=O) groups excluding carboxylic acids is 1. The first kappa shape index (κ1) is 17.7. The minimum Gasteiger partial charge on any atom is -0.326 e. The van der Waals surface area contributed by atoms with Crippen LogP contribution in [0.5, 0.6) is 0 Å². The zero-order valence-corrected chi connectivity index (χ0v) is 15.9. The standard InChI is InChI=1S/C18H20N4OS2/c1-3-9-22-10-8-19-18(22)25-12-16(23)21-17-20-15(11-24-17)14-6-4-13(2)5-7-14/h4-8,10-11H,3,9,12H2,1-2H3,(H,20,21,23). The summed E-state index contributed by atoms with van der Waals surface area (Å²) in [6, 6.07) is 8.20. The normalized spacial score (nSPS) is 10.8. The van der Waals surface area contributed by atoms with Gasteiger partial charge in [0.15, 0.2) is 10.3 Å². The molecule has 0 saturated carbocycles. The number of thiazole rings is 1. The molecule has 0 unspecified atom stereocenters. The third kappa shape index (κ3) is 4.70. The van der Waals surface area contributed by atoms with Gasteiger partial charge in [0.1, 0.15) is 0 Å². The number of benzene rings is 1. The highest BCUT2D eigenvalue weighted by molar-refractivity contribution is 7.99. The summed E-state index contributed by atoms with van der Waals surface area (Å²) in [6.07, 6.45) is 4.75. The van der Waals surface area contributed by atoms with Crippen molar-refractivity contribution in [3.63, 3.8) is 0 Å². The number of amides is 1. The van der Waals surface area contributed by atoms with Crippen molar-refractivity contribution >= 4 is 34.1 Å². The first-order chi connectivity index (χ1) is 12.2. The van der Waals surface area contributed by atoms with E-state index in [4.69, 9.17) is 0 Å². The number of aryl methyl sites for hydroxylation is 2. The molecular formula is C18H20N4OS2. The number of thioether (sulfide) groups is 1. The van der Waals surface area contributed by atoms with Crippen molar-refractivity contribution in [1.29, 1.82) is 0 Å². The summed E-state index contributed by atoms with van der Waals surface area (Å²) in [5.74, 6) is 0.251. The van der Waals surface area contributed by atoms with Crippen molar-refractivity contribution in [1.82, 2.24) is 14.5 Å². The predicted octanol–water partition coefficient (Wildman–Crippen LogP) is 4.46. The second-order valence-corrected chi connectivity index (χ2v) is 7.44. The quantitative estimate of drug-likeness (QED) is 0.622. The molecule has 1 amide bonds. The lowest BCUT2D eigenvalue weighted by Gasteiger charge is -2.05. The number of imidazole rings is 1. The molecule has 0 saturated heterocycles. The lowest BCUT2D eigenvalue weighted by molar-refractivity contribution is -0.113. The zero-order valence-electron chi connectivity index (χ0n) is 14.2. The van der Waals surface area contributed by atoms with E-state index in [1.807, 2.05) is 23.7 Å². The van der Waals surface area contributed by atoms with E-state index in [0.717, 1.165) is 29.4 Å². The second kappa shape index (κ2) is 8.31. The van der Waals surface area contributed by atoms with Gasteiger partial charge in [-0.25, -0.2) is 9.97 Å². The van der Waals surface area contributed by atoms with E-state index in [2.05, 4.69) is 45.8 Å². The molecule has 25 heavy (non-hydrogen) atoms. The third-order valence-electron chi connectivity index (χ3n) is 3.57. The van der Waals surface area contributed by atoms with Gasteiger partial charge in [0.25, 0.3) is 0 Å². The molecule has 3 rings (SSSR count). The van der Waals surface area contributed by atoms with Crippen molar-refractivity contribution in [2.45, 2.75) is 32.0 Å². The van der Waals surface area contributed by atoms with E-state index in [1.54, 1.807) is 6.20 Å². The molecule has 2 aromatic heterocycles. The number of aromatic nitrogens is 3. The van der Waals surface area contributed by atoms with E-state index in [9.17, 15) is 4.79 Å². The van der Waals surface area contributed by atoms with Crippen LogP contribution in [0.15, 0.2) is 47.2 Å². The molecule has 0 radical (unpaired) electrons. The highest BCUT2D eigenvalue weighted by Crippen LogP contribution is 2.25. The average molecular weight is 373 g/mol. The number of nitrogens with one attached hydrogen (secondary N) is 1. The van der Waals surface area contributed by atoms with E-state index in [1.165, 1.54) is 28.7 Å². The molecule has 0 aliphatic heterocycles. The third-order valence-corrected chi connectivity index (χ3v) is 5.33. The molecule has 1 N–H and O–H groups in total. The molecule has 0 aliphatic carbocycles. The SMILES string of the molecule is CCCn1ccnc1SCC(=O)Nc1nc(-c2ccc(C)cc2)cs1. The minimum atomic E-state index is -0.0687. The molecule has 0 fully saturated rings. The van der Waals surface area contributed by atoms with Crippen LogP contribution in [0.25, 0.3) is 11.3 Å². The molecule has 1 aromatic carbocycles. The van der Waals surface area contributed by atoms with Gasteiger partial charge < -0.3 is 9.88 Å². The van der Waals surface area contributed by atoms with Crippen molar-refractivity contribution in [2.24, 2.45) is 0 Å². The fourth-order valence-electron chi connectivity index (χ4n) is 2.32. The average Bonchev–Trinajstić information content (AvgIpc) is 3.24. The van der Waals surface area contributed by atoms with Gasteiger partial charge in [-0.05, 0) is 13.3 Å². The van der Waals surface area contributed by atoms with Gasteiger partial charge in [-0.1, -0.05) is 48.5 Å². The van der Waals surface area contributed by atoms with Gasteiger partial charge in [-0.3, -0.25) is 4.79 Å². The summed E-state index contributed by atoms with van der Waals surface area (Å²) >= 11 is 2.88. The van der Waals surface area contributed by atoms with Gasteiger partial charge >= 0.3 is 0 Å². The molecule has 5 nitrogen and oxygen atoms in total. The highest BCUT2D eigenvalue weighted by Gasteiger charge is 2.10. The van der Waals surface area contributed by atoms with Gasteiger partial charge in [0, 0.05) is 29.9 Å². The fourth-order valence-corrected chi connectivity index (χ4v) is 3.84. The summed E-state index contributed by atoms with van der Waals surface area (Å²) in [6.45, 7) is 5.09. The highest BCUT2D eigenvalue weighted by atomic mass is 32.2. The Bertz CT molecular complexity index is 839. The van der Waals surface area contributed by atoms with Crippen LogP contribution in [0, 0.1) is 6.92 Å². The summed E-state index contributed by atoms with van der Waals surface area (Å²) in [5.41, 5.74) is 3.15. The van der Waals surface area contributed by atoms with Gasteiger partial charge in [-0.15, -0.1) is 11.3 Å². The zero-order chi connectivity index (χ0) is 17.6. The van der Waals surface area contributed by atoms with Gasteiger partial charge in [-0.2, -0.15) is 0 Å². The molecule has 7 heteroatoms. The number of anilines is 1. The molecule has 2 heterocycles. The van der Waals surface area contributed by atoms with E-state index in [-0.39, 0.29) is 5.91 Å². The maximum absolute atomic E-state index is 12.2. The lowest BCUT2D eigenvalue weighted by Crippen LogP contribution is -2.14. The number of hydrogen-bond donors (Lipinski definition) is 1. The monoisotopic (exact) mass is 372 g/mol. The Morgan fingerprint density at radius 2 is 2.12 bits per heavy atom. The van der Waals surface area contributed by atoms with Crippen molar-refractivity contribution in [2.75, 3.05) is 11.1 Å². The Kier molecular flexibility index (Phi) is 5.88. The maximum Gasteiger partial charge on any atom is 0.236 e. The largest absolute Gasteiger partial charge is 0.326 e. The van der Waals surface area contributed by atoms with Crippen LogP contribution >= 0.6 is 23.1 Å². The van der Waals surface area contributed by atoms with Crippen LogP contribution in [0.1, 0.15) is 18.9 Å². The molecule has 0 aliphatic rings.